The fraction of sp³-hybridized carbons (Fsp3) is 0.308. The Morgan fingerprint density at radius 3 is 2.54 bits per heavy atom. The first-order valence-corrected chi connectivity index (χ1v) is 12.0. The molecule has 1 saturated carbocycles. The topological polar surface area (TPSA) is 121 Å². The first-order chi connectivity index (χ1) is 16.9. The Morgan fingerprint density at radius 1 is 1.17 bits per heavy atom. The summed E-state index contributed by atoms with van der Waals surface area (Å²) in [5.74, 6) is -1.91. The zero-order chi connectivity index (χ0) is 24.8. The van der Waals surface area contributed by atoms with E-state index in [2.05, 4.69) is 26.2 Å². The van der Waals surface area contributed by atoms with Gasteiger partial charge in [0.2, 0.25) is 5.91 Å². The SMILES string of the molecule is COc1cncc2c1[C@]1(O)[C@H](O)[C@H](C(=O)NCCO)[C@@H](c3ccccc3)[C@]1(c1ccc(Br)cc1)O2. The number of methoxy groups -OCH3 is 1. The van der Waals surface area contributed by atoms with Gasteiger partial charge >= 0.3 is 0 Å². The van der Waals surface area contributed by atoms with Gasteiger partial charge in [0.25, 0.3) is 0 Å². The number of fused-ring (bicyclic) bond motifs is 3. The third-order valence-electron chi connectivity index (χ3n) is 7.03. The third-order valence-corrected chi connectivity index (χ3v) is 7.55. The van der Waals surface area contributed by atoms with Gasteiger partial charge in [0, 0.05) is 16.9 Å². The molecule has 35 heavy (non-hydrogen) atoms. The largest absolute Gasteiger partial charge is 0.495 e. The van der Waals surface area contributed by atoms with E-state index in [0.717, 1.165) is 4.47 Å². The zero-order valence-electron chi connectivity index (χ0n) is 18.9. The number of nitrogens with zero attached hydrogens (tertiary/aromatic N) is 1. The Hall–Kier alpha value is -2.98. The number of hydrogen-bond donors (Lipinski definition) is 4. The molecule has 3 aromatic rings. The number of ether oxygens (including phenoxy) is 2. The van der Waals surface area contributed by atoms with Gasteiger partial charge in [0.05, 0.1) is 37.6 Å². The molecule has 1 aromatic heterocycles. The maximum atomic E-state index is 13.5. The number of aliphatic hydroxyl groups excluding tert-OH is 2. The Balaban J connectivity index is 1.84. The number of amides is 1. The van der Waals surface area contributed by atoms with Crippen molar-refractivity contribution >= 4 is 21.8 Å². The van der Waals surface area contributed by atoms with Gasteiger partial charge in [0.15, 0.2) is 11.2 Å². The summed E-state index contributed by atoms with van der Waals surface area (Å²) in [7, 11) is 1.45. The van der Waals surface area contributed by atoms with Gasteiger partial charge in [-0.3, -0.25) is 9.78 Å². The molecule has 2 heterocycles. The van der Waals surface area contributed by atoms with Crippen molar-refractivity contribution in [2.24, 2.45) is 5.92 Å². The molecule has 5 atom stereocenters. The summed E-state index contributed by atoms with van der Waals surface area (Å²) in [6, 6.07) is 16.5. The predicted molar refractivity (Wildman–Crippen MR) is 130 cm³/mol. The van der Waals surface area contributed by atoms with E-state index in [9.17, 15) is 20.1 Å². The predicted octanol–water partition coefficient (Wildman–Crippen LogP) is 2.21. The number of pyridine rings is 1. The number of halogens is 1. The van der Waals surface area contributed by atoms with Crippen LogP contribution in [0.3, 0.4) is 0 Å². The normalized spacial score (nSPS) is 28.7. The highest BCUT2D eigenvalue weighted by atomic mass is 79.9. The van der Waals surface area contributed by atoms with Crippen LogP contribution in [0, 0.1) is 5.92 Å². The van der Waals surface area contributed by atoms with Crippen LogP contribution in [-0.2, 0) is 16.0 Å². The smallest absolute Gasteiger partial charge is 0.226 e. The average molecular weight is 541 g/mol. The highest BCUT2D eigenvalue weighted by Crippen LogP contribution is 2.69. The number of benzene rings is 2. The van der Waals surface area contributed by atoms with Crippen LogP contribution in [0.5, 0.6) is 11.5 Å². The fourth-order valence-corrected chi connectivity index (χ4v) is 5.95. The van der Waals surface area contributed by atoms with E-state index < -0.39 is 35.0 Å². The lowest BCUT2D eigenvalue weighted by Crippen LogP contribution is -2.52. The molecule has 5 rings (SSSR count). The van der Waals surface area contributed by atoms with E-state index in [1.165, 1.54) is 19.5 Å². The molecule has 2 aromatic carbocycles. The summed E-state index contributed by atoms with van der Waals surface area (Å²) in [6.45, 7) is -0.247. The number of nitrogens with one attached hydrogen (secondary N) is 1. The number of aliphatic hydroxyl groups is 3. The Morgan fingerprint density at radius 2 is 1.89 bits per heavy atom. The lowest BCUT2D eigenvalue weighted by molar-refractivity contribution is -0.154. The minimum Gasteiger partial charge on any atom is -0.495 e. The van der Waals surface area contributed by atoms with Crippen molar-refractivity contribution in [3.63, 3.8) is 0 Å². The molecular formula is C26H25BrN2O6. The van der Waals surface area contributed by atoms with Gasteiger partial charge in [-0.15, -0.1) is 0 Å². The van der Waals surface area contributed by atoms with Crippen molar-refractivity contribution in [2.75, 3.05) is 20.3 Å². The van der Waals surface area contributed by atoms with Gasteiger partial charge < -0.3 is 30.1 Å². The lowest BCUT2D eigenvalue weighted by Gasteiger charge is -2.40. The van der Waals surface area contributed by atoms with Crippen molar-refractivity contribution in [2.45, 2.75) is 23.2 Å². The van der Waals surface area contributed by atoms with Crippen LogP contribution in [0.25, 0.3) is 0 Å². The molecule has 4 N–H and O–H groups in total. The monoisotopic (exact) mass is 540 g/mol. The van der Waals surface area contributed by atoms with Gasteiger partial charge in [-0.2, -0.15) is 0 Å². The summed E-state index contributed by atoms with van der Waals surface area (Å²) < 4.78 is 13.0. The molecule has 0 unspecified atom stereocenters. The number of carbonyl (C=O) groups is 1. The molecule has 1 fully saturated rings. The molecule has 2 aliphatic rings. The molecule has 0 saturated heterocycles. The van der Waals surface area contributed by atoms with Crippen molar-refractivity contribution in [3.8, 4) is 11.5 Å². The van der Waals surface area contributed by atoms with E-state index in [4.69, 9.17) is 9.47 Å². The molecule has 9 heteroatoms. The fourth-order valence-electron chi connectivity index (χ4n) is 5.68. The molecule has 182 valence electrons. The van der Waals surface area contributed by atoms with Crippen LogP contribution in [0.1, 0.15) is 22.6 Å². The maximum Gasteiger partial charge on any atom is 0.226 e. The van der Waals surface area contributed by atoms with Crippen LogP contribution >= 0.6 is 15.9 Å². The summed E-state index contributed by atoms with van der Waals surface area (Å²) in [6.07, 6.45) is 1.35. The van der Waals surface area contributed by atoms with E-state index in [1.807, 2.05) is 42.5 Å². The number of hydrogen-bond acceptors (Lipinski definition) is 7. The minimum atomic E-state index is -2.06. The third kappa shape index (κ3) is 3.30. The first-order valence-electron chi connectivity index (χ1n) is 11.2. The van der Waals surface area contributed by atoms with Crippen molar-refractivity contribution < 1.29 is 29.6 Å². The highest BCUT2D eigenvalue weighted by molar-refractivity contribution is 9.10. The molecule has 1 aliphatic heterocycles. The zero-order valence-corrected chi connectivity index (χ0v) is 20.5. The second kappa shape index (κ2) is 8.91. The van der Waals surface area contributed by atoms with E-state index in [1.54, 1.807) is 12.1 Å². The second-order valence-corrected chi connectivity index (χ2v) is 9.62. The van der Waals surface area contributed by atoms with Gasteiger partial charge in [0.1, 0.15) is 17.6 Å². The molecule has 1 aliphatic carbocycles. The molecular weight excluding hydrogens is 516 g/mol. The van der Waals surface area contributed by atoms with E-state index >= 15 is 0 Å². The Labute approximate surface area is 210 Å². The Bertz CT molecular complexity index is 1240. The summed E-state index contributed by atoms with van der Waals surface area (Å²) in [5, 5.41) is 36.4. The first kappa shape index (κ1) is 23.7. The van der Waals surface area contributed by atoms with E-state index in [-0.39, 0.29) is 30.2 Å². The molecule has 0 spiro atoms. The minimum absolute atomic E-state index is 0.0119. The summed E-state index contributed by atoms with van der Waals surface area (Å²) in [5.41, 5.74) is -2.13. The average Bonchev–Trinajstić information content (AvgIpc) is 3.26. The Kier molecular flexibility index (Phi) is 6.04. The van der Waals surface area contributed by atoms with Crippen molar-refractivity contribution in [3.05, 3.63) is 88.2 Å². The van der Waals surface area contributed by atoms with E-state index in [0.29, 0.717) is 11.1 Å². The standard InChI is InChI=1S/C26H25BrN2O6/c1-34-18-13-28-14-19-22(18)25(33)23(31)20(24(32)29-11-12-30)21(15-5-3-2-4-6-15)26(25,35-19)16-7-9-17(27)10-8-16/h2-10,13-14,20-21,23,30-31,33H,11-12H2,1H3,(H,29,32)/t20-,21-,23-,25+,26+/m1/s1. The van der Waals surface area contributed by atoms with Gasteiger partial charge in [-0.1, -0.05) is 58.4 Å². The number of aromatic nitrogens is 1. The van der Waals surface area contributed by atoms with Crippen LogP contribution in [0.2, 0.25) is 0 Å². The van der Waals surface area contributed by atoms with Crippen molar-refractivity contribution in [1.82, 2.24) is 10.3 Å². The lowest BCUT2D eigenvalue weighted by atomic mass is 9.70. The van der Waals surface area contributed by atoms with Crippen LogP contribution in [0.15, 0.2) is 71.5 Å². The maximum absolute atomic E-state index is 13.5. The highest BCUT2D eigenvalue weighted by Gasteiger charge is 2.78. The van der Waals surface area contributed by atoms with Crippen LogP contribution in [-0.4, -0.2) is 52.6 Å². The van der Waals surface area contributed by atoms with Crippen LogP contribution < -0.4 is 14.8 Å². The number of carbonyl (C=O) groups excluding carboxylic acids is 1. The van der Waals surface area contributed by atoms with Crippen molar-refractivity contribution in [1.29, 1.82) is 0 Å². The number of rotatable bonds is 6. The van der Waals surface area contributed by atoms with Crippen LogP contribution in [0.4, 0.5) is 0 Å². The molecule has 0 bridgehead atoms. The summed E-state index contributed by atoms with van der Waals surface area (Å²) >= 11 is 3.45. The second-order valence-electron chi connectivity index (χ2n) is 8.70. The summed E-state index contributed by atoms with van der Waals surface area (Å²) in [4.78, 5) is 17.7. The van der Waals surface area contributed by atoms with Gasteiger partial charge in [-0.05, 0) is 23.3 Å². The van der Waals surface area contributed by atoms with Gasteiger partial charge in [-0.25, -0.2) is 0 Å². The molecule has 1 amide bonds. The molecule has 8 nitrogen and oxygen atoms in total. The molecule has 0 radical (unpaired) electrons. The quantitative estimate of drug-likeness (QED) is 0.378.